The minimum absolute atomic E-state index is 0.0111. The van der Waals surface area contributed by atoms with Crippen LogP contribution in [0, 0.1) is 6.92 Å². The van der Waals surface area contributed by atoms with E-state index in [4.69, 9.17) is 9.47 Å². The van der Waals surface area contributed by atoms with Crippen LogP contribution in [0.5, 0.6) is 0 Å². The summed E-state index contributed by atoms with van der Waals surface area (Å²) in [5, 5.41) is 3.04. The predicted octanol–water partition coefficient (Wildman–Crippen LogP) is 4.19. The van der Waals surface area contributed by atoms with E-state index in [1.165, 1.54) is 6.07 Å². The summed E-state index contributed by atoms with van der Waals surface area (Å²) in [5.41, 5.74) is 1.00. The molecule has 0 aliphatic carbocycles. The molecule has 1 aliphatic rings. The Bertz CT molecular complexity index is 1220. The second-order valence-corrected chi connectivity index (χ2v) is 7.78. The fraction of sp³-hybridized carbons (Fsp3) is 0.292. The minimum Gasteiger partial charge on any atom is -0.452 e. The van der Waals surface area contributed by atoms with Crippen LogP contribution in [0.2, 0.25) is 0 Å². The normalized spacial score (nSPS) is 14.2. The first-order chi connectivity index (χ1) is 16.2. The number of nitrogens with zero attached hydrogens (tertiary/aromatic N) is 2. The smallest absolute Gasteiger partial charge is 0.416 e. The zero-order valence-corrected chi connectivity index (χ0v) is 18.3. The second kappa shape index (κ2) is 9.68. The molecule has 1 amide bonds. The van der Waals surface area contributed by atoms with E-state index in [1.807, 2.05) is 4.90 Å². The molecule has 1 aliphatic heterocycles. The van der Waals surface area contributed by atoms with Gasteiger partial charge in [-0.1, -0.05) is 18.2 Å². The first kappa shape index (κ1) is 23.5. The molecular formula is C24H22F3N3O4. The Labute approximate surface area is 193 Å². The lowest BCUT2D eigenvalue weighted by atomic mass is 10.1. The topological polar surface area (TPSA) is 80.8 Å². The minimum atomic E-state index is -4.57. The first-order valence-corrected chi connectivity index (χ1v) is 10.6. The van der Waals surface area contributed by atoms with Crippen molar-refractivity contribution in [1.29, 1.82) is 0 Å². The molecule has 0 unspecified atom stereocenters. The average Bonchev–Trinajstić information content (AvgIpc) is 2.82. The van der Waals surface area contributed by atoms with Gasteiger partial charge < -0.3 is 19.7 Å². The molecule has 178 valence electrons. The van der Waals surface area contributed by atoms with E-state index >= 15 is 0 Å². The van der Waals surface area contributed by atoms with Gasteiger partial charge in [-0.2, -0.15) is 13.2 Å². The van der Waals surface area contributed by atoms with Crippen LogP contribution in [0.1, 0.15) is 21.6 Å². The number of esters is 1. The Balaban J connectivity index is 1.51. The number of para-hydroxylation sites is 1. The van der Waals surface area contributed by atoms with Crippen molar-refractivity contribution >= 4 is 34.2 Å². The Kier molecular flexibility index (Phi) is 6.69. The van der Waals surface area contributed by atoms with Gasteiger partial charge in [-0.25, -0.2) is 4.79 Å². The summed E-state index contributed by atoms with van der Waals surface area (Å²) in [6.07, 6.45) is -4.57. The standard InChI is InChI=1S/C24H22F3N3O4/c1-15-12-18(17-4-2-3-5-19(17)28-15)23(32)34-14-22(31)29-20-13-16(24(25,26)27)6-7-21(20)30-8-10-33-11-9-30/h2-7,12-13H,8-11,14H2,1H3,(H,29,31). The van der Waals surface area contributed by atoms with Crippen molar-refractivity contribution in [2.24, 2.45) is 0 Å². The largest absolute Gasteiger partial charge is 0.452 e. The molecule has 0 spiro atoms. The number of morpholine rings is 1. The number of rotatable bonds is 5. The number of halogens is 3. The number of hydrogen-bond donors (Lipinski definition) is 1. The van der Waals surface area contributed by atoms with Crippen LogP contribution in [-0.2, 0) is 20.4 Å². The number of pyridine rings is 1. The van der Waals surface area contributed by atoms with Gasteiger partial charge in [0.1, 0.15) is 0 Å². The van der Waals surface area contributed by atoms with Gasteiger partial charge >= 0.3 is 12.1 Å². The highest BCUT2D eigenvalue weighted by Crippen LogP contribution is 2.35. The third kappa shape index (κ3) is 5.28. The zero-order valence-electron chi connectivity index (χ0n) is 18.3. The lowest BCUT2D eigenvalue weighted by molar-refractivity contribution is -0.137. The monoisotopic (exact) mass is 473 g/mol. The number of ether oxygens (including phenoxy) is 2. The maximum atomic E-state index is 13.3. The number of fused-ring (bicyclic) bond motifs is 1. The molecule has 0 saturated carbocycles. The van der Waals surface area contributed by atoms with Crippen molar-refractivity contribution in [1.82, 2.24) is 4.98 Å². The lowest BCUT2D eigenvalue weighted by Crippen LogP contribution is -2.37. The van der Waals surface area contributed by atoms with Gasteiger partial charge in [-0.15, -0.1) is 0 Å². The fourth-order valence-corrected chi connectivity index (χ4v) is 3.76. The van der Waals surface area contributed by atoms with E-state index < -0.39 is 30.2 Å². The summed E-state index contributed by atoms with van der Waals surface area (Å²) in [4.78, 5) is 31.4. The van der Waals surface area contributed by atoms with Crippen LogP contribution in [0.4, 0.5) is 24.5 Å². The molecule has 0 atom stereocenters. The summed E-state index contributed by atoms with van der Waals surface area (Å²) < 4.78 is 50.2. The predicted molar refractivity (Wildman–Crippen MR) is 120 cm³/mol. The lowest BCUT2D eigenvalue weighted by Gasteiger charge is -2.31. The number of nitrogens with one attached hydrogen (secondary N) is 1. The average molecular weight is 473 g/mol. The third-order valence-corrected chi connectivity index (χ3v) is 5.35. The Hall–Kier alpha value is -3.66. The summed E-state index contributed by atoms with van der Waals surface area (Å²) in [5.74, 6) is -1.48. The van der Waals surface area contributed by atoms with Crippen molar-refractivity contribution < 1.29 is 32.2 Å². The van der Waals surface area contributed by atoms with Crippen LogP contribution in [-0.4, -0.2) is 49.8 Å². The van der Waals surface area contributed by atoms with E-state index in [0.29, 0.717) is 48.6 Å². The Morgan fingerprint density at radius 3 is 2.59 bits per heavy atom. The van der Waals surface area contributed by atoms with Gasteiger partial charge in [0, 0.05) is 24.2 Å². The van der Waals surface area contributed by atoms with Crippen molar-refractivity contribution in [2.75, 3.05) is 43.1 Å². The van der Waals surface area contributed by atoms with E-state index in [1.54, 1.807) is 37.3 Å². The number of aromatic nitrogens is 1. The number of hydrogen-bond acceptors (Lipinski definition) is 6. The van der Waals surface area contributed by atoms with Crippen molar-refractivity contribution in [3.63, 3.8) is 0 Å². The van der Waals surface area contributed by atoms with Gasteiger partial charge in [0.05, 0.1) is 41.2 Å². The maximum Gasteiger partial charge on any atom is 0.416 e. The summed E-state index contributed by atoms with van der Waals surface area (Å²) in [7, 11) is 0. The van der Waals surface area contributed by atoms with Gasteiger partial charge in [0.25, 0.3) is 5.91 Å². The van der Waals surface area contributed by atoms with Gasteiger partial charge in [-0.3, -0.25) is 9.78 Å². The number of carbonyl (C=O) groups excluding carboxylic acids is 2. The highest BCUT2D eigenvalue weighted by Gasteiger charge is 2.32. The summed E-state index contributed by atoms with van der Waals surface area (Å²) in [6, 6.07) is 11.7. The summed E-state index contributed by atoms with van der Waals surface area (Å²) in [6.45, 7) is 2.86. The van der Waals surface area contributed by atoms with E-state index in [9.17, 15) is 22.8 Å². The number of anilines is 2. The molecule has 4 rings (SSSR count). The molecule has 1 aromatic heterocycles. The maximum absolute atomic E-state index is 13.3. The molecule has 10 heteroatoms. The van der Waals surface area contributed by atoms with Crippen molar-refractivity contribution in [2.45, 2.75) is 13.1 Å². The highest BCUT2D eigenvalue weighted by molar-refractivity contribution is 6.04. The van der Waals surface area contributed by atoms with Crippen LogP contribution in [0.15, 0.2) is 48.5 Å². The van der Waals surface area contributed by atoms with Crippen molar-refractivity contribution in [3.8, 4) is 0 Å². The van der Waals surface area contributed by atoms with Crippen molar-refractivity contribution in [3.05, 3.63) is 65.4 Å². The van der Waals surface area contributed by atoms with Gasteiger partial charge in [0.2, 0.25) is 0 Å². The molecule has 0 radical (unpaired) electrons. The molecule has 0 bridgehead atoms. The van der Waals surface area contributed by atoms with Crippen LogP contribution >= 0.6 is 0 Å². The summed E-state index contributed by atoms with van der Waals surface area (Å²) >= 11 is 0. The highest BCUT2D eigenvalue weighted by atomic mass is 19.4. The first-order valence-electron chi connectivity index (χ1n) is 10.6. The molecule has 34 heavy (non-hydrogen) atoms. The van der Waals surface area contributed by atoms with E-state index in [-0.39, 0.29) is 11.3 Å². The number of benzene rings is 2. The van der Waals surface area contributed by atoms with E-state index in [0.717, 1.165) is 12.1 Å². The van der Waals surface area contributed by atoms with Gasteiger partial charge in [0.15, 0.2) is 6.61 Å². The fourth-order valence-electron chi connectivity index (χ4n) is 3.76. The second-order valence-electron chi connectivity index (χ2n) is 7.78. The SMILES string of the molecule is Cc1cc(C(=O)OCC(=O)Nc2cc(C(F)(F)F)ccc2N2CCOCC2)c2ccccc2n1. The number of amides is 1. The molecule has 1 N–H and O–H groups in total. The van der Waals surface area contributed by atoms with Crippen LogP contribution in [0.25, 0.3) is 10.9 Å². The number of aryl methyl sites for hydroxylation is 1. The molecule has 1 fully saturated rings. The Morgan fingerprint density at radius 1 is 1.12 bits per heavy atom. The molecule has 2 heterocycles. The quantitative estimate of drug-likeness (QED) is 0.560. The molecule has 7 nitrogen and oxygen atoms in total. The number of alkyl halides is 3. The number of carbonyl (C=O) groups is 2. The molecular weight excluding hydrogens is 451 g/mol. The molecule has 1 saturated heterocycles. The van der Waals surface area contributed by atoms with Crippen LogP contribution in [0.3, 0.4) is 0 Å². The van der Waals surface area contributed by atoms with E-state index in [2.05, 4.69) is 10.3 Å². The molecule has 2 aromatic carbocycles. The Morgan fingerprint density at radius 2 is 1.85 bits per heavy atom. The zero-order chi connectivity index (χ0) is 24.3. The molecule has 3 aromatic rings. The van der Waals surface area contributed by atoms with Crippen LogP contribution < -0.4 is 10.2 Å². The third-order valence-electron chi connectivity index (χ3n) is 5.35. The van der Waals surface area contributed by atoms with Gasteiger partial charge in [-0.05, 0) is 37.3 Å².